The van der Waals surface area contributed by atoms with Crippen molar-refractivity contribution in [1.29, 1.82) is 0 Å². The van der Waals surface area contributed by atoms with Gasteiger partial charge in [-0.25, -0.2) is 0 Å². The second kappa shape index (κ2) is 4.10. The second-order valence-corrected chi connectivity index (χ2v) is 6.16. The number of fused-ring (bicyclic) bond motifs is 2. The van der Waals surface area contributed by atoms with E-state index in [0.29, 0.717) is 6.04 Å². The van der Waals surface area contributed by atoms with E-state index in [4.69, 9.17) is 0 Å². The van der Waals surface area contributed by atoms with Crippen molar-refractivity contribution in [3.8, 4) is 0 Å². The first-order valence-corrected chi connectivity index (χ1v) is 7.04. The quantitative estimate of drug-likeness (QED) is 0.877. The lowest BCUT2D eigenvalue weighted by molar-refractivity contribution is -0.146. The van der Waals surface area contributed by atoms with E-state index in [1.807, 2.05) is 6.07 Å². The molecule has 2 bridgehead atoms. The van der Waals surface area contributed by atoms with Crippen LogP contribution >= 0.6 is 11.3 Å². The SMILES string of the molecule is CN1C2CCC1[C@@H](C(=O)O)[C@H](c1cccs1)C2. The van der Waals surface area contributed by atoms with Crippen LogP contribution in [0.25, 0.3) is 0 Å². The summed E-state index contributed by atoms with van der Waals surface area (Å²) >= 11 is 1.70. The number of thiophene rings is 1. The maximum absolute atomic E-state index is 11.6. The van der Waals surface area contributed by atoms with Gasteiger partial charge in [0.2, 0.25) is 0 Å². The fourth-order valence-electron chi connectivity index (χ4n) is 3.60. The van der Waals surface area contributed by atoms with Crippen molar-refractivity contribution in [3.05, 3.63) is 22.4 Å². The predicted molar refractivity (Wildman–Crippen MR) is 67.4 cm³/mol. The number of piperidine rings is 1. The fourth-order valence-corrected chi connectivity index (χ4v) is 4.49. The van der Waals surface area contributed by atoms with Gasteiger partial charge in [-0.3, -0.25) is 9.69 Å². The van der Waals surface area contributed by atoms with Crippen molar-refractivity contribution in [3.63, 3.8) is 0 Å². The Kier molecular flexibility index (Phi) is 2.71. The van der Waals surface area contributed by atoms with Crippen molar-refractivity contribution < 1.29 is 9.90 Å². The van der Waals surface area contributed by atoms with Crippen LogP contribution in [-0.4, -0.2) is 35.1 Å². The highest BCUT2D eigenvalue weighted by molar-refractivity contribution is 7.10. The number of hydrogen-bond donors (Lipinski definition) is 1. The van der Waals surface area contributed by atoms with Gasteiger partial charge in [0.15, 0.2) is 0 Å². The summed E-state index contributed by atoms with van der Waals surface area (Å²) in [6.07, 6.45) is 3.21. The molecule has 2 saturated heterocycles. The molecule has 0 aliphatic carbocycles. The maximum Gasteiger partial charge on any atom is 0.308 e. The molecule has 2 unspecified atom stereocenters. The molecule has 2 aliphatic rings. The maximum atomic E-state index is 11.6. The Morgan fingerprint density at radius 3 is 3.00 bits per heavy atom. The average molecular weight is 251 g/mol. The van der Waals surface area contributed by atoms with Gasteiger partial charge in [-0.2, -0.15) is 0 Å². The molecule has 0 aromatic carbocycles. The van der Waals surface area contributed by atoms with E-state index >= 15 is 0 Å². The smallest absolute Gasteiger partial charge is 0.308 e. The van der Waals surface area contributed by atoms with E-state index in [0.717, 1.165) is 19.3 Å². The first kappa shape index (κ1) is 11.2. The molecule has 0 radical (unpaired) electrons. The number of carbonyl (C=O) groups is 1. The van der Waals surface area contributed by atoms with Crippen LogP contribution in [0.1, 0.15) is 30.1 Å². The van der Waals surface area contributed by atoms with Crippen molar-refractivity contribution in [2.45, 2.75) is 37.3 Å². The van der Waals surface area contributed by atoms with Gasteiger partial charge in [-0.1, -0.05) is 6.07 Å². The number of hydrogen-bond acceptors (Lipinski definition) is 3. The zero-order chi connectivity index (χ0) is 12.0. The molecule has 0 saturated carbocycles. The van der Waals surface area contributed by atoms with Crippen molar-refractivity contribution >= 4 is 17.3 Å². The molecule has 17 heavy (non-hydrogen) atoms. The van der Waals surface area contributed by atoms with Crippen LogP contribution in [0, 0.1) is 5.92 Å². The van der Waals surface area contributed by atoms with E-state index in [1.165, 1.54) is 4.88 Å². The topological polar surface area (TPSA) is 40.5 Å². The van der Waals surface area contributed by atoms with Gasteiger partial charge in [-0.05, 0) is 37.8 Å². The Bertz CT molecular complexity index is 417. The largest absolute Gasteiger partial charge is 0.481 e. The van der Waals surface area contributed by atoms with Crippen LogP contribution in [0.5, 0.6) is 0 Å². The molecule has 1 aromatic heterocycles. The normalized spacial score (nSPS) is 37.2. The van der Waals surface area contributed by atoms with Crippen LogP contribution < -0.4 is 0 Å². The number of nitrogens with zero attached hydrogens (tertiary/aromatic N) is 1. The Morgan fingerprint density at radius 1 is 1.53 bits per heavy atom. The molecular formula is C13H17NO2S. The lowest BCUT2D eigenvalue weighted by Gasteiger charge is -2.40. The zero-order valence-electron chi connectivity index (χ0n) is 9.87. The monoisotopic (exact) mass is 251 g/mol. The molecule has 2 fully saturated rings. The summed E-state index contributed by atoms with van der Waals surface area (Å²) in [4.78, 5) is 15.1. The summed E-state index contributed by atoms with van der Waals surface area (Å²) in [5.74, 6) is -0.626. The van der Waals surface area contributed by atoms with Gasteiger partial charge >= 0.3 is 5.97 Å². The van der Waals surface area contributed by atoms with E-state index in [2.05, 4.69) is 23.4 Å². The highest BCUT2D eigenvalue weighted by Gasteiger charge is 2.49. The average Bonchev–Trinajstić information content (AvgIpc) is 2.86. The summed E-state index contributed by atoms with van der Waals surface area (Å²) in [5, 5.41) is 11.6. The molecule has 0 amide bonds. The minimum atomic E-state index is -0.624. The van der Waals surface area contributed by atoms with Crippen LogP contribution in [0.3, 0.4) is 0 Å². The summed E-state index contributed by atoms with van der Waals surface area (Å²) in [5.41, 5.74) is 0. The molecule has 0 spiro atoms. The zero-order valence-corrected chi connectivity index (χ0v) is 10.7. The summed E-state index contributed by atoms with van der Waals surface area (Å²) in [6.45, 7) is 0. The van der Waals surface area contributed by atoms with Crippen LogP contribution in [0.2, 0.25) is 0 Å². The number of rotatable bonds is 2. The first-order chi connectivity index (χ1) is 8.18. The van der Waals surface area contributed by atoms with Crippen LogP contribution in [-0.2, 0) is 4.79 Å². The van der Waals surface area contributed by atoms with Crippen molar-refractivity contribution in [1.82, 2.24) is 4.90 Å². The van der Waals surface area contributed by atoms with Gasteiger partial charge in [0, 0.05) is 22.9 Å². The molecule has 3 rings (SSSR count). The fraction of sp³-hybridized carbons (Fsp3) is 0.615. The molecule has 3 heterocycles. The highest BCUT2D eigenvalue weighted by Crippen LogP contribution is 2.47. The number of aliphatic carboxylic acids is 1. The van der Waals surface area contributed by atoms with Gasteiger partial charge in [-0.15, -0.1) is 11.3 Å². The summed E-state index contributed by atoms with van der Waals surface area (Å²) < 4.78 is 0. The molecule has 3 nitrogen and oxygen atoms in total. The Labute approximate surface area is 105 Å². The third kappa shape index (κ3) is 1.70. The van der Waals surface area contributed by atoms with Crippen LogP contribution in [0.15, 0.2) is 17.5 Å². The van der Waals surface area contributed by atoms with Gasteiger partial charge < -0.3 is 5.11 Å². The molecule has 4 atom stereocenters. The van der Waals surface area contributed by atoms with Crippen LogP contribution in [0.4, 0.5) is 0 Å². The summed E-state index contributed by atoms with van der Waals surface area (Å²) in [7, 11) is 2.09. The molecule has 92 valence electrons. The molecule has 4 heteroatoms. The first-order valence-electron chi connectivity index (χ1n) is 6.16. The third-order valence-corrected chi connectivity index (χ3v) is 5.47. The molecule has 2 aliphatic heterocycles. The minimum absolute atomic E-state index is 0.223. The van der Waals surface area contributed by atoms with Crippen molar-refractivity contribution in [2.24, 2.45) is 5.92 Å². The van der Waals surface area contributed by atoms with Gasteiger partial charge in [0.1, 0.15) is 0 Å². The highest BCUT2D eigenvalue weighted by atomic mass is 32.1. The predicted octanol–water partition coefficient (Wildman–Crippen LogP) is 2.40. The second-order valence-electron chi connectivity index (χ2n) is 5.19. The van der Waals surface area contributed by atoms with E-state index in [-0.39, 0.29) is 17.9 Å². The lowest BCUT2D eigenvalue weighted by atomic mass is 9.79. The Balaban J connectivity index is 1.96. The molecular weight excluding hydrogens is 234 g/mol. The molecule has 1 N–H and O–H groups in total. The van der Waals surface area contributed by atoms with Crippen molar-refractivity contribution in [2.75, 3.05) is 7.05 Å². The van der Waals surface area contributed by atoms with E-state index < -0.39 is 5.97 Å². The Morgan fingerprint density at radius 2 is 2.35 bits per heavy atom. The Hall–Kier alpha value is -0.870. The number of carboxylic acids is 1. The van der Waals surface area contributed by atoms with Gasteiger partial charge in [0.25, 0.3) is 0 Å². The van der Waals surface area contributed by atoms with E-state index in [9.17, 15) is 9.90 Å². The lowest BCUT2D eigenvalue weighted by Crippen LogP contribution is -2.48. The van der Waals surface area contributed by atoms with E-state index in [1.54, 1.807) is 11.3 Å². The third-order valence-electron chi connectivity index (χ3n) is 4.46. The molecule has 1 aromatic rings. The van der Waals surface area contributed by atoms with Gasteiger partial charge in [0.05, 0.1) is 5.92 Å². The number of carboxylic acid groups (broad SMARTS) is 1. The minimum Gasteiger partial charge on any atom is -0.481 e. The summed E-state index contributed by atoms with van der Waals surface area (Å²) in [6, 6.07) is 4.94. The standard InChI is InChI=1S/C13H17NO2S/c1-14-8-4-5-10(14)12(13(15)16)9(7-8)11-3-2-6-17-11/h2-3,6,8-10,12H,4-5,7H2,1H3,(H,15,16)/t8?,9-,10?,12-/m0/s1.